The lowest BCUT2D eigenvalue weighted by atomic mass is 10.2. The molecule has 0 atom stereocenters. The monoisotopic (exact) mass is 301 g/mol. The number of aryl methyl sites for hydroxylation is 1. The maximum absolute atomic E-state index is 11.9. The van der Waals surface area contributed by atoms with Crippen molar-refractivity contribution in [3.05, 3.63) is 64.7 Å². The molecule has 1 N–H and O–H groups in total. The summed E-state index contributed by atoms with van der Waals surface area (Å²) in [5.74, 6) is 0.460. The first-order valence-electron chi connectivity index (χ1n) is 6.48. The van der Waals surface area contributed by atoms with E-state index in [4.69, 9.17) is 16.3 Å². The van der Waals surface area contributed by atoms with Gasteiger partial charge < -0.3 is 10.1 Å². The first-order chi connectivity index (χ1) is 10.1. The molecular weight excluding hydrogens is 286 g/mol. The van der Waals surface area contributed by atoms with Gasteiger partial charge in [0, 0.05) is 22.3 Å². The fourth-order valence-electron chi connectivity index (χ4n) is 1.91. The van der Waals surface area contributed by atoms with E-state index in [0.29, 0.717) is 10.8 Å². The molecule has 0 unspecified atom stereocenters. The summed E-state index contributed by atoms with van der Waals surface area (Å²) in [6, 6.07) is 12.9. The van der Waals surface area contributed by atoms with Gasteiger partial charge in [-0.05, 0) is 48.9 Å². The fraction of sp³-hybridized carbons (Fsp3) is 0.118. The van der Waals surface area contributed by atoms with Crippen LogP contribution in [0.1, 0.15) is 11.1 Å². The maximum Gasteiger partial charge on any atom is 0.248 e. The number of nitrogens with one attached hydrogen (secondary N) is 1. The van der Waals surface area contributed by atoms with Crippen molar-refractivity contribution in [2.75, 3.05) is 12.4 Å². The number of methoxy groups -OCH3 is 1. The third kappa shape index (κ3) is 4.36. The average molecular weight is 302 g/mol. The minimum atomic E-state index is -0.206. The molecule has 0 aliphatic heterocycles. The summed E-state index contributed by atoms with van der Waals surface area (Å²) in [6.45, 7) is 1.97. The molecule has 0 radical (unpaired) electrons. The number of carbonyl (C=O) groups is 1. The minimum Gasteiger partial charge on any atom is -0.496 e. The van der Waals surface area contributed by atoms with Gasteiger partial charge in [0.15, 0.2) is 0 Å². The number of rotatable bonds is 4. The molecular formula is C17H16ClNO2. The van der Waals surface area contributed by atoms with Crippen LogP contribution < -0.4 is 10.1 Å². The lowest BCUT2D eigenvalue weighted by molar-refractivity contribution is -0.111. The summed E-state index contributed by atoms with van der Waals surface area (Å²) in [5, 5.41) is 3.40. The van der Waals surface area contributed by atoms with Gasteiger partial charge in [0.25, 0.3) is 0 Å². The van der Waals surface area contributed by atoms with Crippen LogP contribution in [0.2, 0.25) is 5.02 Å². The molecule has 2 rings (SSSR count). The molecule has 2 aromatic rings. The third-order valence-corrected chi connectivity index (χ3v) is 3.13. The highest BCUT2D eigenvalue weighted by molar-refractivity contribution is 6.30. The van der Waals surface area contributed by atoms with Crippen LogP contribution in [0.15, 0.2) is 48.5 Å². The zero-order valence-corrected chi connectivity index (χ0v) is 12.6. The fourth-order valence-corrected chi connectivity index (χ4v) is 2.09. The number of benzene rings is 2. The minimum absolute atomic E-state index is 0.206. The SMILES string of the molecule is COc1ccc(Cl)cc1/C=C/C(=O)Nc1cccc(C)c1. The van der Waals surface area contributed by atoms with Crippen molar-refractivity contribution >= 4 is 29.3 Å². The quantitative estimate of drug-likeness (QED) is 0.855. The topological polar surface area (TPSA) is 38.3 Å². The second-order valence-electron chi connectivity index (χ2n) is 4.58. The van der Waals surface area contributed by atoms with Crippen LogP contribution in [-0.2, 0) is 4.79 Å². The van der Waals surface area contributed by atoms with Crippen molar-refractivity contribution in [3.8, 4) is 5.75 Å². The summed E-state index contributed by atoms with van der Waals surface area (Å²) in [7, 11) is 1.58. The van der Waals surface area contributed by atoms with E-state index >= 15 is 0 Å². The molecule has 0 spiro atoms. The largest absolute Gasteiger partial charge is 0.496 e. The molecule has 21 heavy (non-hydrogen) atoms. The van der Waals surface area contributed by atoms with Gasteiger partial charge in [-0.25, -0.2) is 0 Å². The van der Waals surface area contributed by atoms with Crippen LogP contribution in [0.25, 0.3) is 6.08 Å². The molecule has 2 aromatic carbocycles. The molecule has 0 aliphatic carbocycles. The molecule has 1 amide bonds. The highest BCUT2D eigenvalue weighted by Crippen LogP contribution is 2.23. The number of amides is 1. The molecule has 0 aromatic heterocycles. The molecule has 4 heteroatoms. The second-order valence-corrected chi connectivity index (χ2v) is 5.01. The Morgan fingerprint density at radius 3 is 2.76 bits per heavy atom. The Balaban J connectivity index is 2.10. The number of anilines is 1. The molecule has 0 saturated carbocycles. The van der Waals surface area contributed by atoms with Gasteiger partial charge in [0.05, 0.1) is 7.11 Å². The Morgan fingerprint density at radius 1 is 1.24 bits per heavy atom. The molecule has 108 valence electrons. The first kappa shape index (κ1) is 15.1. The van der Waals surface area contributed by atoms with Crippen LogP contribution in [0.5, 0.6) is 5.75 Å². The Bertz CT molecular complexity index is 680. The van der Waals surface area contributed by atoms with Crippen LogP contribution in [-0.4, -0.2) is 13.0 Å². The lowest BCUT2D eigenvalue weighted by Gasteiger charge is -2.05. The van der Waals surface area contributed by atoms with E-state index in [1.54, 1.807) is 31.4 Å². The van der Waals surface area contributed by atoms with Gasteiger partial charge in [0.2, 0.25) is 5.91 Å². The lowest BCUT2D eigenvalue weighted by Crippen LogP contribution is -2.07. The zero-order chi connectivity index (χ0) is 15.2. The van der Waals surface area contributed by atoms with Gasteiger partial charge >= 0.3 is 0 Å². The van der Waals surface area contributed by atoms with E-state index < -0.39 is 0 Å². The van der Waals surface area contributed by atoms with Crippen molar-refractivity contribution in [2.45, 2.75) is 6.92 Å². The van der Waals surface area contributed by atoms with E-state index in [2.05, 4.69) is 5.32 Å². The molecule has 3 nitrogen and oxygen atoms in total. The molecule has 0 saturated heterocycles. The molecule has 0 fully saturated rings. The van der Waals surface area contributed by atoms with Gasteiger partial charge in [-0.15, -0.1) is 0 Å². The Kier molecular flexibility index (Phi) is 5.01. The third-order valence-electron chi connectivity index (χ3n) is 2.89. The number of hydrogen-bond donors (Lipinski definition) is 1. The molecule has 0 heterocycles. The average Bonchev–Trinajstić information content (AvgIpc) is 2.45. The first-order valence-corrected chi connectivity index (χ1v) is 6.85. The summed E-state index contributed by atoms with van der Waals surface area (Å²) in [6.07, 6.45) is 3.13. The summed E-state index contributed by atoms with van der Waals surface area (Å²) in [4.78, 5) is 11.9. The van der Waals surface area contributed by atoms with Crippen molar-refractivity contribution in [3.63, 3.8) is 0 Å². The summed E-state index contributed by atoms with van der Waals surface area (Å²) in [5.41, 5.74) is 2.61. The van der Waals surface area contributed by atoms with E-state index in [9.17, 15) is 4.79 Å². The van der Waals surface area contributed by atoms with Gasteiger partial charge in [-0.1, -0.05) is 23.7 Å². The smallest absolute Gasteiger partial charge is 0.248 e. The Morgan fingerprint density at radius 2 is 2.05 bits per heavy atom. The predicted molar refractivity (Wildman–Crippen MR) is 86.8 cm³/mol. The van der Waals surface area contributed by atoms with Crippen LogP contribution >= 0.6 is 11.6 Å². The van der Waals surface area contributed by atoms with Crippen molar-refractivity contribution < 1.29 is 9.53 Å². The number of carbonyl (C=O) groups excluding carboxylic acids is 1. The van der Waals surface area contributed by atoms with Gasteiger partial charge in [-0.2, -0.15) is 0 Å². The Labute approximate surface area is 129 Å². The summed E-state index contributed by atoms with van der Waals surface area (Å²) >= 11 is 5.95. The maximum atomic E-state index is 11.9. The van der Waals surface area contributed by atoms with Crippen molar-refractivity contribution in [1.82, 2.24) is 0 Å². The van der Waals surface area contributed by atoms with Crippen molar-refractivity contribution in [2.24, 2.45) is 0 Å². The van der Waals surface area contributed by atoms with E-state index in [1.165, 1.54) is 6.08 Å². The Hall–Kier alpha value is -2.26. The molecule has 0 bridgehead atoms. The standard InChI is InChI=1S/C17H16ClNO2/c1-12-4-3-5-15(10-12)19-17(20)9-6-13-11-14(18)7-8-16(13)21-2/h3-11H,1-2H3,(H,19,20)/b9-6+. The predicted octanol–water partition coefficient (Wildman–Crippen LogP) is 4.31. The summed E-state index contributed by atoms with van der Waals surface area (Å²) < 4.78 is 5.23. The van der Waals surface area contributed by atoms with Crippen molar-refractivity contribution in [1.29, 1.82) is 0 Å². The van der Waals surface area contributed by atoms with Crippen LogP contribution in [0.3, 0.4) is 0 Å². The zero-order valence-electron chi connectivity index (χ0n) is 11.9. The van der Waals surface area contributed by atoms with Gasteiger partial charge in [-0.3, -0.25) is 4.79 Å². The number of ether oxygens (including phenoxy) is 1. The highest BCUT2D eigenvalue weighted by atomic mass is 35.5. The van der Waals surface area contributed by atoms with E-state index in [-0.39, 0.29) is 5.91 Å². The van der Waals surface area contributed by atoms with Crippen LogP contribution in [0.4, 0.5) is 5.69 Å². The van der Waals surface area contributed by atoms with E-state index in [0.717, 1.165) is 16.8 Å². The number of halogens is 1. The van der Waals surface area contributed by atoms with Gasteiger partial charge in [0.1, 0.15) is 5.75 Å². The normalized spacial score (nSPS) is 10.6. The highest BCUT2D eigenvalue weighted by Gasteiger charge is 2.02. The number of hydrogen-bond acceptors (Lipinski definition) is 2. The van der Waals surface area contributed by atoms with Crippen LogP contribution in [0, 0.1) is 6.92 Å². The molecule has 0 aliphatic rings. The second kappa shape index (κ2) is 6.95. The van der Waals surface area contributed by atoms with E-state index in [1.807, 2.05) is 31.2 Å².